The number of thioether (sulfide) groups is 1. The summed E-state index contributed by atoms with van der Waals surface area (Å²) in [7, 11) is 1.91. The third-order valence-corrected chi connectivity index (χ3v) is 3.63. The van der Waals surface area contributed by atoms with Crippen molar-refractivity contribution in [3.8, 4) is 5.75 Å². The molecule has 0 aliphatic rings. The third-order valence-electron chi connectivity index (χ3n) is 2.85. The lowest BCUT2D eigenvalue weighted by atomic mass is 10.2. The fourth-order valence-corrected chi connectivity index (χ4v) is 2.43. The number of hydrogen-bond acceptors (Lipinski definition) is 4. The van der Waals surface area contributed by atoms with Gasteiger partial charge in [-0.25, -0.2) is 0 Å². The molecule has 0 aliphatic heterocycles. The topological polar surface area (TPSA) is 34.4 Å². The summed E-state index contributed by atoms with van der Waals surface area (Å²) >= 11 is 1.68. The minimum absolute atomic E-state index is 0.460. The lowest BCUT2D eigenvalue weighted by Gasteiger charge is -2.08. The average molecular weight is 277 g/mol. The summed E-state index contributed by atoms with van der Waals surface area (Å²) < 4.78 is 11.6. The molecule has 19 heavy (non-hydrogen) atoms. The molecule has 0 aliphatic carbocycles. The molecule has 0 amide bonds. The summed E-state index contributed by atoms with van der Waals surface area (Å²) in [5.74, 6) is 2.73. The van der Waals surface area contributed by atoms with Gasteiger partial charge in [-0.2, -0.15) is 0 Å². The summed E-state index contributed by atoms with van der Waals surface area (Å²) in [4.78, 5) is 1.14. The maximum Gasteiger partial charge on any atom is 0.146 e. The molecule has 1 heterocycles. The molecular formula is C15H19NO2S. The SMILES string of the molecule is CNCc1oc(COc2ccccc2SC)cc1C. The highest BCUT2D eigenvalue weighted by molar-refractivity contribution is 7.98. The van der Waals surface area contributed by atoms with E-state index < -0.39 is 0 Å². The largest absolute Gasteiger partial charge is 0.484 e. The minimum atomic E-state index is 0.460. The Hall–Kier alpha value is -1.39. The maximum absolute atomic E-state index is 5.83. The second-order valence-electron chi connectivity index (χ2n) is 4.29. The van der Waals surface area contributed by atoms with Gasteiger partial charge in [-0.3, -0.25) is 0 Å². The van der Waals surface area contributed by atoms with Crippen molar-refractivity contribution in [3.63, 3.8) is 0 Å². The minimum Gasteiger partial charge on any atom is -0.484 e. The number of para-hydroxylation sites is 1. The molecule has 0 bridgehead atoms. The van der Waals surface area contributed by atoms with Crippen LogP contribution in [0.2, 0.25) is 0 Å². The van der Waals surface area contributed by atoms with Gasteiger partial charge in [-0.15, -0.1) is 11.8 Å². The molecule has 1 aromatic heterocycles. The fraction of sp³-hybridized carbons (Fsp3) is 0.333. The van der Waals surface area contributed by atoms with Gasteiger partial charge in [-0.05, 0) is 44.0 Å². The van der Waals surface area contributed by atoms with Gasteiger partial charge in [0.15, 0.2) is 0 Å². The van der Waals surface area contributed by atoms with Gasteiger partial charge in [0, 0.05) is 4.90 Å². The molecule has 4 heteroatoms. The Bertz CT molecular complexity index is 537. The molecule has 2 rings (SSSR count). The third kappa shape index (κ3) is 3.55. The molecule has 1 N–H and O–H groups in total. The van der Waals surface area contributed by atoms with Gasteiger partial charge < -0.3 is 14.5 Å². The molecule has 2 aromatic rings. The predicted octanol–water partition coefficient (Wildman–Crippen LogP) is 3.61. The van der Waals surface area contributed by atoms with Crippen LogP contribution in [0.4, 0.5) is 0 Å². The van der Waals surface area contributed by atoms with Crippen LogP contribution in [0.3, 0.4) is 0 Å². The van der Waals surface area contributed by atoms with Crippen LogP contribution < -0.4 is 10.1 Å². The highest BCUT2D eigenvalue weighted by atomic mass is 32.2. The molecular weight excluding hydrogens is 258 g/mol. The van der Waals surface area contributed by atoms with Crippen molar-refractivity contribution in [2.24, 2.45) is 0 Å². The van der Waals surface area contributed by atoms with Crippen LogP contribution in [-0.2, 0) is 13.2 Å². The van der Waals surface area contributed by atoms with Gasteiger partial charge in [0.25, 0.3) is 0 Å². The lowest BCUT2D eigenvalue weighted by Crippen LogP contribution is -2.04. The number of ether oxygens (including phenoxy) is 1. The fourth-order valence-electron chi connectivity index (χ4n) is 1.88. The zero-order valence-electron chi connectivity index (χ0n) is 11.5. The summed E-state index contributed by atoms with van der Waals surface area (Å²) in [5, 5.41) is 3.09. The number of aryl methyl sites for hydroxylation is 1. The van der Waals surface area contributed by atoms with Crippen molar-refractivity contribution in [2.45, 2.75) is 25.0 Å². The summed E-state index contributed by atoms with van der Waals surface area (Å²) in [6.45, 7) is 3.25. The Morgan fingerprint density at radius 1 is 1.32 bits per heavy atom. The quantitative estimate of drug-likeness (QED) is 0.818. The van der Waals surface area contributed by atoms with Crippen LogP contribution >= 0.6 is 11.8 Å². The first-order chi connectivity index (χ1) is 9.24. The van der Waals surface area contributed by atoms with E-state index in [0.717, 1.165) is 34.3 Å². The molecule has 0 spiro atoms. The maximum atomic E-state index is 5.83. The standard InChI is InChI=1S/C15H19NO2S/c1-11-8-12(18-14(11)9-16-2)10-17-13-6-4-5-7-15(13)19-3/h4-8,16H,9-10H2,1-3H3. The van der Waals surface area contributed by atoms with Gasteiger partial charge in [0.2, 0.25) is 0 Å². The van der Waals surface area contributed by atoms with E-state index in [4.69, 9.17) is 9.15 Å². The Balaban J connectivity index is 2.04. The van der Waals surface area contributed by atoms with Crippen LogP contribution in [0, 0.1) is 6.92 Å². The zero-order chi connectivity index (χ0) is 13.7. The van der Waals surface area contributed by atoms with E-state index in [-0.39, 0.29) is 0 Å². The van der Waals surface area contributed by atoms with Crippen LogP contribution in [0.15, 0.2) is 39.6 Å². The smallest absolute Gasteiger partial charge is 0.146 e. The summed E-state index contributed by atoms with van der Waals surface area (Å²) in [6.07, 6.45) is 2.05. The molecule has 0 unspecified atom stereocenters. The second kappa shape index (κ2) is 6.68. The van der Waals surface area contributed by atoms with Gasteiger partial charge >= 0.3 is 0 Å². The molecule has 3 nitrogen and oxygen atoms in total. The van der Waals surface area contributed by atoms with Crippen LogP contribution in [0.5, 0.6) is 5.75 Å². The van der Waals surface area contributed by atoms with Gasteiger partial charge in [-0.1, -0.05) is 12.1 Å². The first-order valence-corrected chi connectivity index (χ1v) is 7.45. The first-order valence-electron chi connectivity index (χ1n) is 6.23. The highest BCUT2D eigenvalue weighted by Crippen LogP contribution is 2.28. The van der Waals surface area contributed by atoms with E-state index in [0.29, 0.717) is 6.61 Å². The highest BCUT2D eigenvalue weighted by Gasteiger charge is 2.08. The van der Waals surface area contributed by atoms with E-state index in [1.54, 1.807) is 11.8 Å². The molecule has 102 valence electrons. The number of rotatable bonds is 6. The van der Waals surface area contributed by atoms with Crippen LogP contribution in [0.25, 0.3) is 0 Å². The molecule has 0 saturated heterocycles. The van der Waals surface area contributed by atoms with E-state index in [2.05, 4.69) is 18.3 Å². The molecule has 0 fully saturated rings. The monoisotopic (exact) mass is 277 g/mol. The molecule has 0 radical (unpaired) electrons. The number of furan rings is 1. The molecule has 0 atom stereocenters. The second-order valence-corrected chi connectivity index (χ2v) is 5.14. The predicted molar refractivity (Wildman–Crippen MR) is 78.8 cm³/mol. The first kappa shape index (κ1) is 14.0. The van der Waals surface area contributed by atoms with Crippen LogP contribution in [0.1, 0.15) is 17.1 Å². The summed E-state index contributed by atoms with van der Waals surface area (Å²) in [5.41, 5.74) is 1.16. The zero-order valence-corrected chi connectivity index (χ0v) is 12.3. The Morgan fingerprint density at radius 2 is 2.11 bits per heavy atom. The van der Waals surface area contributed by atoms with Gasteiger partial charge in [0.05, 0.1) is 6.54 Å². The number of nitrogens with one attached hydrogen (secondary N) is 1. The average Bonchev–Trinajstić information content (AvgIpc) is 2.78. The van der Waals surface area contributed by atoms with E-state index in [1.165, 1.54) is 0 Å². The summed E-state index contributed by atoms with van der Waals surface area (Å²) in [6, 6.07) is 10.1. The van der Waals surface area contributed by atoms with E-state index in [1.807, 2.05) is 37.6 Å². The Morgan fingerprint density at radius 3 is 2.84 bits per heavy atom. The molecule has 1 aromatic carbocycles. The van der Waals surface area contributed by atoms with Crippen LogP contribution in [-0.4, -0.2) is 13.3 Å². The van der Waals surface area contributed by atoms with Crippen molar-refractivity contribution in [3.05, 3.63) is 47.4 Å². The van der Waals surface area contributed by atoms with E-state index >= 15 is 0 Å². The Labute approximate surface area is 118 Å². The normalized spacial score (nSPS) is 10.7. The van der Waals surface area contributed by atoms with Crippen molar-refractivity contribution in [1.29, 1.82) is 0 Å². The Kier molecular flexibility index (Phi) is 4.93. The van der Waals surface area contributed by atoms with Crippen molar-refractivity contribution < 1.29 is 9.15 Å². The van der Waals surface area contributed by atoms with Crippen molar-refractivity contribution in [1.82, 2.24) is 5.32 Å². The van der Waals surface area contributed by atoms with Crippen molar-refractivity contribution >= 4 is 11.8 Å². The lowest BCUT2D eigenvalue weighted by molar-refractivity contribution is 0.260. The molecule has 0 saturated carbocycles. The van der Waals surface area contributed by atoms with Gasteiger partial charge in [0.1, 0.15) is 23.9 Å². The number of benzene rings is 1. The number of hydrogen-bond donors (Lipinski definition) is 1. The van der Waals surface area contributed by atoms with E-state index in [9.17, 15) is 0 Å². The van der Waals surface area contributed by atoms with Crippen molar-refractivity contribution in [2.75, 3.05) is 13.3 Å².